The first-order chi connectivity index (χ1) is 13.1. The van der Waals surface area contributed by atoms with E-state index in [2.05, 4.69) is 26.5 Å². The highest BCUT2D eigenvalue weighted by molar-refractivity contribution is 9.10. The SMILES string of the molecule is O=C(N/N=C\c1ccccc1Cl)c1ccc(OCc2cccc(Br)c2)cc1. The number of hydrogen-bond donors (Lipinski definition) is 1. The molecule has 0 fully saturated rings. The molecule has 3 aromatic rings. The monoisotopic (exact) mass is 442 g/mol. The van der Waals surface area contributed by atoms with Crippen LogP contribution in [0.5, 0.6) is 5.75 Å². The van der Waals surface area contributed by atoms with Gasteiger partial charge in [0.25, 0.3) is 5.91 Å². The quantitative estimate of drug-likeness (QED) is 0.407. The Balaban J connectivity index is 1.55. The van der Waals surface area contributed by atoms with Crippen LogP contribution in [0.4, 0.5) is 0 Å². The Morgan fingerprint density at radius 2 is 1.85 bits per heavy atom. The van der Waals surface area contributed by atoms with Crippen LogP contribution in [0, 0.1) is 0 Å². The van der Waals surface area contributed by atoms with Crippen molar-refractivity contribution in [1.29, 1.82) is 0 Å². The summed E-state index contributed by atoms with van der Waals surface area (Å²) in [4.78, 5) is 12.1. The maximum atomic E-state index is 12.1. The molecule has 4 nitrogen and oxygen atoms in total. The average Bonchev–Trinajstić information content (AvgIpc) is 2.68. The second kappa shape index (κ2) is 9.35. The van der Waals surface area contributed by atoms with Crippen molar-refractivity contribution >= 4 is 39.7 Å². The Morgan fingerprint density at radius 1 is 1.07 bits per heavy atom. The number of amides is 1. The molecule has 136 valence electrons. The predicted octanol–water partition coefficient (Wildman–Crippen LogP) is 5.45. The third-order valence-electron chi connectivity index (χ3n) is 3.69. The van der Waals surface area contributed by atoms with Crippen LogP contribution in [0.3, 0.4) is 0 Å². The molecule has 0 radical (unpaired) electrons. The second-order valence-corrected chi connectivity index (χ2v) is 6.99. The van der Waals surface area contributed by atoms with E-state index >= 15 is 0 Å². The summed E-state index contributed by atoms with van der Waals surface area (Å²) in [5.74, 6) is 0.378. The minimum Gasteiger partial charge on any atom is -0.489 e. The van der Waals surface area contributed by atoms with Crippen LogP contribution >= 0.6 is 27.5 Å². The van der Waals surface area contributed by atoms with E-state index in [9.17, 15) is 4.79 Å². The summed E-state index contributed by atoms with van der Waals surface area (Å²) < 4.78 is 6.74. The molecule has 3 rings (SSSR count). The number of carbonyl (C=O) groups is 1. The van der Waals surface area contributed by atoms with E-state index in [-0.39, 0.29) is 5.91 Å². The molecular weight excluding hydrogens is 428 g/mol. The Labute approximate surface area is 171 Å². The lowest BCUT2D eigenvalue weighted by atomic mass is 10.2. The van der Waals surface area contributed by atoms with Gasteiger partial charge in [-0.2, -0.15) is 5.10 Å². The fourth-order valence-electron chi connectivity index (χ4n) is 2.30. The molecule has 0 heterocycles. The molecule has 1 N–H and O–H groups in total. The minimum atomic E-state index is -0.308. The maximum Gasteiger partial charge on any atom is 0.271 e. The molecule has 0 unspecified atom stereocenters. The lowest BCUT2D eigenvalue weighted by Gasteiger charge is -2.07. The van der Waals surface area contributed by atoms with E-state index in [0.29, 0.717) is 22.9 Å². The fraction of sp³-hybridized carbons (Fsp3) is 0.0476. The van der Waals surface area contributed by atoms with Gasteiger partial charge in [0.05, 0.1) is 6.21 Å². The smallest absolute Gasteiger partial charge is 0.271 e. The van der Waals surface area contributed by atoms with Crippen molar-refractivity contribution in [1.82, 2.24) is 5.43 Å². The second-order valence-electron chi connectivity index (χ2n) is 5.66. The highest BCUT2D eigenvalue weighted by atomic mass is 79.9. The summed E-state index contributed by atoms with van der Waals surface area (Å²) in [5.41, 5.74) is 4.76. The Bertz CT molecular complexity index is 958. The largest absolute Gasteiger partial charge is 0.489 e. The van der Waals surface area contributed by atoms with E-state index in [1.165, 1.54) is 6.21 Å². The number of nitrogens with one attached hydrogen (secondary N) is 1. The van der Waals surface area contributed by atoms with Crippen molar-refractivity contribution in [3.05, 3.63) is 99.0 Å². The van der Waals surface area contributed by atoms with E-state index in [0.717, 1.165) is 15.6 Å². The summed E-state index contributed by atoms with van der Waals surface area (Å²) in [7, 11) is 0. The molecule has 0 bridgehead atoms. The molecular formula is C21H16BrClN2O2. The third kappa shape index (κ3) is 5.67. The Kier molecular flexibility index (Phi) is 6.63. The van der Waals surface area contributed by atoms with Gasteiger partial charge in [-0.1, -0.05) is 57.9 Å². The molecule has 3 aromatic carbocycles. The van der Waals surface area contributed by atoms with E-state index < -0.39 is 0 Å². The zero-order chi connectivity index (χ0) is 19.1. The molecule has 0 saturated carbocycles. The highest BCUT2D eigenvalue weighted by Crippen LogP contribution is 2.17. The van der Waals surface area contributed by atoms with E-state index in [1.54, 1.807) is 30.3 Å². The molecule has 1 amide bonds. The zero-order valence-electron chi connectivity index (χ0n) is 14.2. The van der Waals surface area contributed by atoms with Crippen molar-refractivity contribution in [2.24, 2.45) is 5.10 Å². The van der Waals surface area contributed by atoms with E-state index in [4.69, 9.17) is 16.3 Å². The molecule has 0 aliphatic carbocycles. The Hall–Kier alpha value is -2.63. The normalized spacial score (nSPS) is 10.7. The predicted molar refractivity (Wildman–Crippen MR) is 111 cm³/mol. The van der Waals surface area contributed by atoms with Gasteiger partial charge in [-0.3, -0.25) is 4.79 Å². The van der Waals surface area contributed by atoms with Crippen LogP contribution in [0.15, 0.2) is 82.4 Å². The van der Waals surface area contributed by atoms with Crippen LogP contribution in [-0.2, 0) is 6.61 Å². The summed E-state index contributed by atoms with van der Waals surface area (Å²) in [6, 6.07) is 22.1. The van der Waals surface area contributed by atoms with Gasteiger partial charge < -0.3 is 4.74 Å². The summed E-state index contributed by atoms with van der Waals surface area (Å²) in [6.07, 6.45) is 1.51. The van der Waals surface area contributed by atoms with Gasteiger partial charge in [0.1, 0.15) is 12.4 Å². The number of halogens is 2. The van der Waals surface area contributed by atoms with Crippen LogP contribution in [-0.4, -0.2) is 12.1 Å². The van der Waals surface area contributed by atoms with E-state index in [1.807, 2.05) is 42.5 Å². The Morgan fingerprint density at radius 3 is 2.59 bits per heavy atom. The molecule has 0 atom stereocenters. The number of rotatable bonds is 6. The van der Waals surface area contributed by atoms with Gasteiger partial charge in [0, 0.05) is 20.6 Å². The molecule has 0 spiro atoms. The van der Waals surface area contributed by atoms with Crippen LogP contribution < -0.4 is 10.2 Å². The van der Waals surface area contributed by atoms with Gasteiger partial charge in [0.2, 0.25) is 0 Å². The van der Waals surface area contributed by atoms with Crippen molar-refractivity contribution in [2.45, 2.75) is 6.61 Å². The number of hydrogen-bond acceptors (Lipinski definition) is 3. The number of hydrazone groups is 1. The lowest BCUT2D eigenvalue weighted by molar-refractivity contribution is 0.0955. The fourth-order valence-corrected chi connectivity index (χ4v) is 2.93. The van der Waals surface area contributed by atoms with Gasteiger partial charge in [0.15, 0.2) is 0 Å². The maximum absolute atomic E-state index is 12.1. The number of ether oxygens (including phenoxy) is 1. The molecule has 0 aliphatic heterocycles. The molecule has 0 aliphatic rings. The van der Waals surface area contributed by atoms with Gasteiger partial charge >= 0.3 is 0 Å². The third-order valence-corrected chi connectivity index (χ3v) is 4.52. The molecule has 0 saturated heterocycles. The van der Waals surface area contributed by atoms with Gasteiger partial charge in [-0.05, 0) is 48.0 Å². The lowest BCUT2D eigenvalue weighted by Crippen LogP contribution is -2.17. The number of carbonyl (C=O) groups excluding carboxylic acids is 1. The van der Waals surface area contributed by atoms with Crippen molar-refractivity contribution in [3.63, 3.8) is 0 Å². The molecule has 6 heteroatoms. The number of benzene rings is 3. The first-order valence-corrected chi connectivity index (χ1v) is 9.34. The summed E-state index contributed by atoms with van der Waals surface area (Å²) >= 11 is 9.47. The van der Waals surface area contributed by atoms with Gasteiger partial charge in [-0.25, -0.2) is 5.43 Å². The average molecular weight is 444 g/mol. The minimum absolute atomic E-state index is 0.308. The van der Waals surface area contributed by atoms with Gasteiger partial charge in [-0.15, -0.1) is 0 Å². The first-order valence-electron chi connectivity index (χ1n) is 8.17. The van der Waals surface area contributed by atoms with Crippen molar-refractivity contribution in [3.8, 4) is 5.75 Å². The standard InChI is InChI=1S/C21H16BrClN2O2/c22-18-6-3-4-15(12-18)14-27-19-10-8-16(9-11-19)21(26)25-24-13-17-5-1-2-7-20(17)23/h1-13H,14H2,(H,25,26)/b24-13-. The summed E-state index contributed by atoms with van der Waals surface area (Å²) in [6.45, 7) is 0.451. The molecule has 0 aromatic heterocycles. The zero-order valence-corrected chi connectivity index (χ0v) is 16.6. The van der Waals surface area contributed by atoms with Crippen LogP contribution in [0.1, 0.15) is 21.5 Å². The molecule has 27 heavy (non-hydrogen) atoms. The number of nitrogens with zero attached hydrogens (tertiary/aromatic N) is 1. The topological polar surface area (TPSA) is 50.7 Å². The van der Waals surface area contributed by atoms with Crippen molar-refractivity contribution in [2.75, 3.05) is 0 Å². The summed E-state index contributed by atoms with van der Waals surface area (Å²) in [5, 5.41) is 4.51. The van der Waals surface area contributed by atoms with Crippen LogP contribution in [0.2, 0.25) is 5.02 Å². The van der Waals surface area contributed by atoms with Crippen molar-refractivity contribution < 1.29 is 9.53 Å². The first kappa shape index (κ1) is 19.1. The highest BCUT2D eigenvalue weighted by Gasteiger charge is 2.05. The van der Waals surface area contributed by atoms with Crippen LogP contribution in [0.25, 0.3) is 0 Å².